The van der Waals surface area contributed by atoms with Crippen LogP contribution in [0.25, 0.3) is 5.41 Å². The van der Waals surface area contributed by atoms with Gasteiger partial charge >= 0.3 is 7.60 Å². The van der Waals surface area contributed by atoms with Crippen molar-refractivity contribution in [3.05, 3.63) is 11.2 Å². The standard InChI is InChI=1S/C8H15NO3P/c1-7(2)11-13(10,6-5-9)12-8(3)4/h6-8H,1-4H3/q-1. The molecule has 5 heteroatoms. The van der Waals surface area contributed by atoms with Crippen molar-refractivity contribution >= 4 is 13.5 Å². The van der Waals surface area contributed by atoms with Crippen LogP contribution in [-0.2, 0) is 13.6 Å². The van der Waals surface area contributed by atoms with Crippen LogP contribution in [0.5, 0.6) is 0 Å². The van der Waals surface area contributed by atoms with Gasteiger partial charge in [0.15, 0.2) is 0 Å². The molecule has 0 aromatic carbocycles. The van der Waals surface area contributed by atoms with Crippen LogP contribution >= 0.6 is 7.60 Å². The minimum Gasteiger partial charge on any atom is -0.763 e. The fourth-order valence-corrected chi connectivity index (χ4v) is 2.23. The van der Waals surface area contributed by atoms with Gasteiger partial charge in [-0.3, -0.25) is 10.4 Å². The molecular formula is C8H15NO3P-. The molecule has 0 aliphatic heterocycles. The Morgan fingerprint density at radius 1 is 1.23 bits per heavy atom. The lowest BCUT2D eigenvalue weighted by Gasteiger charge is -2.19. The molecule has 0 bridgehead atoms. The van der Waals surface area contributed by atoms with E-state index < -0.39 is 7.60 Å². The normalized spacial score (nSPS) is 11.8. The van der Waals surface area contributed by atoms with Gasteiger partial charge in [-0.2, -0.15) is 0 Å². The Morgan fingerprint density at radius 3 is 1.85 bits per heavy atom. The fraction of sp³-hybridized carbons (Fsp3) is 0.750. The molecule has 4 nitrogen and oxygen atoms in total. The van der Waals surface area contributed by atoms with E-state index in [1.807, 2.05) is 0 Å². The van der Waals surface area contributed by atoms with E-state index in [4.69, 9.17) is 14.5 Å². The van der Waals surface area contributed by atoms with Crippen LogP contribution in [0.3, 0.4) is 0 Å². The number of hydrogen-bond donors (Lipinski definition) is 0. The third kappa shape index (κ3) is 5.78. The molecule has 0 unspecified atom stereocenters. The first kappa shape index (κ1) is 12.6. The van der Waals surface area contributed by atoms with Crippen LogP contribution in [0.2, 0.25) is 0 Å². The van der Waals surface area contributed by atoms with E-state index in [1.165, 1.54) is 0 Å². The Labute approximate surface area is 79.0 Å². The molecule has 0 radical (unpaired) electrons. The van der Waals surface area contributed by atoms with E-state index >= 15 is 0 Å². The second-order valence-electron chi connectivity index (χ2n) is 3.11. The minimum absolute atomic E-state index is 0.228. The van der Waals surface area contributed by atoms with Crippen LogP contribution in [-0.4, -0.2) is 18.1 Å². The molecule has 0 atom stereocenters. The van der Waals surface area contributed by atoms with Crippen molar-refractivity contribution in [2.24, 2.45) is 0 Å². The van der Waals surface area contributed by atoms with Crippen LogP contribution < -0.4 is 0 Å². The van der Waals surface area contributed by atoms with E-state index in [0.717, 1.165) is 5.82 Å². The molecule has 76 valence electrons. The maximum Gasteiger partial charge on any atom is 0.360 e. The maximum atomic E-state index is 11.7. The first-order valence-electron chi connectivity index (χ1n) is 4.10. The average molecular weight is 204 g/mol. The van der Waals surface area contributed by atoms with Crippen molar-refractivity contribution in [3.63, 3.8) is 0 Å². The largest absolute Gasteiger partial charge is 0.763 e. The third-order valence-electron chi connectivity index (χ3n) is 0.931. The van der Waals surface area contributed by atoms with E-state index in [1.54, 1.807) is 33.6 Å². The number of rotatable bonds is 5. The number of hydrogen-bond acceptors (Lipinski definition) is 3. The summed E-state index contributed by atoms with van der Waals surface area (Å²) in [7, 11) is -3.32. The maximum absolute atomic E-state index is 11.7. The predicted octanol–water partition coefficient (Wildman–Crippen LogP) is 2.78. The van der Waals surface area contributed by atoms with E-state index in [0.29, 0.717) is 0 Å². The SMILES string of the molecule is CC(C)OP(=O)(C=C=[N-])OC(C)C. The van der Waals surface area contributed by atoms with Crippen molar-refractivity contribution in [3.8, 4) is 0 Å². The molecule has 0 aliphatic carbocycles. The molecule has 0 saturated carbocycles. The molecule has 13 heavy (non-hydrogen) atoms. The fourth-order valence-electron chi connectivity index (χ4n) is 0.744. The molecule has 0 spiro atoms. The molecule has 0 aromatic heterocycles. The van der Waals surface area contributed by atoms with Gasteiger partial charge in [0.2, 0.25) is 0 Å². The molecule has 0 N–H and O–H groups in total. The van der Waals surface area contributed by atoms with E-state index in [9.17, 15) is 4.57 Å². The first-order chi connectivity index (χ1) is 5.89. The Bertz CT molecular complexity index is 230. The van der Waals surface area contributed by atoms with Gasteiger partial charge in [-0.25, -0.2) is 0 Å². The van der Waals surface area contributed by atoms with Crippen molar-refractivity contribution in [2.75, 3.05) is 0 Å². The summed E-state index contributed by atoms with van der Waals surface area (Å²) in [6.45, 7) is 6.95. The summed E-state index contributed by atoms with van der Waals surface area (Å²) in [6, 6.07) is 0. The average Bonchev–Trinajstić information content (AvgIpc) is 1.81. The van der Waals surface area contributed by atoms with E-state index in [-0.39, 0.29) is 12.2 Å². The van der Waals surface area contributed by atoms with Crippen molar-refractivity contribution in [2.45, 2.75) is 39.9 Å². The van der Waals surface area contributed by atoms with E-state index in [2.05, 4.69) is 0 Å². The molecule has 0 rings (SSSR count). The van der Waals surface area contributed by atoms with Crippen molar-refractivity contribution in [1.82, 2.24) is 0 Å². The summed E-state index contributed by atoms with van der Waals surface area (Å²) in [4.78, 5) is 0. The Hall–Kier alpha value is -0.400. The van der Waals surface area contributed by atoms with Crippen LogP contribution in [0.4, 0.5) is 0 Å². The summed E-state index contributed by atoms with van der Waals surface area (Å²) in [6.07, 6.45) is -0.455. The van der Waals surface area contributed by atoms with Crippen LogP contribution in [0.15, 0.2) is 5.82 Å². The minimum atomic E-state index is -3.32. The van der Waals surface area contributed by atoms with Crippen LogP contribution in [0, 0.1) is 0 Å². The smallest absolute Gasteiger partial charge is 0.360 e. The topological polar surface area (TPSA) is 57.8 Å². The zero-order valence-corrected chi connectivity index (χ0v) is 9.25. The highest BCUT2D eigenvalue weighted by atomic mass is 31.2. The zero-order chi connectivity index (χ0) is 10.5. The summed E-state index contributed by atoms with van der Waals surface area (Å²) in [5.41, 5.74) is 0. The van der Waals surface area contributed by atoms with Gasteiger partial charge in [0.1, 0.15) is 0 Å². The molecule has 0 heterocycles. The second-order valence-corrected chi connectivity index (χ2v) is 4.87. The molecular weight excluding hydrogens is 189 g/mol. The molecule has 0 aromatic rings. The van der Waals surface area contributed by atoms with Crippen molar-refractivity contribution < 1.29 is 13.6 Å². The van der Waals surface area contributed by atoms with Gasteiger partial charge in [0, 0.05) is 5.82 Å². The molecule has 0 fully saturated rings. The Kier molecular flexibility index (Phi) is 5.19. The lowest BCUT2D eigenvalue weighted by Crippen LogP contribution is -2.06. The van der Waals surface area contributed by atoms with Gasteiger partial charge in [-0.1, -0.05) is 0 Å². The molecule has 0 saturated heterocycles. The van der Waals surface area contributed by atoms with Crippen LogP contribution in [0.1, 0.15) is 27.7 Å². The summed E-state index contributed by atoms with van der Waals surface area (Å²) in [5, 5.41) is 8.39. The summed E-state index contributed by atoms with van der Waals surface area (Å²) >= 11 is 0. The third-order valence-corrected chi connectivity index (χ3v) is 2.79. The van der Waals surface area contributed by atoms with Gasteiger partial charge in [0.25, 0.3) is 0 Å². The lowest BCUT2D eigenvalue weighted by molar-refractivity contribution is 0.149. The highest BCUT2D eigenvalue weighted by molar-refractivity contribution is 7.57. The number of nitrogens with zero attached hydrogens (tertiary/aromatic N) is 1. The van der Waals surface area contributed by atoms with Gasteiger partial charge in [-0.15, -0.1) is 0 Å². The quantitative estimate of drug-likeness (QED) is 0.511. The van der Waals surface area contributed by atoms with Gasteiger partial charge < -0.3 is 14.5 Å². The first-order valence-corrected chi connectivity index (χ1v) is 5.71. The monoisotopic (exact) mass is 204 g/mol. The lowest BCUT2D eigenvalue weighted by atomic mass is 10.5. The molecule has 0 aliphatic rings. The van der Waals surface area contributed by atoms with Gasteiger partial charge in [0.05, 0.1) is 12.2 Å². The molecule has 0 amide bonds. The summed E-state index contributed by atoms with van der Waals surface area (Å²) < 4.78 is 21.8. The Balaban J connectivity index is 4.53. The second kappa shape index (κ2) is 5.36. The predicted molar refractivity (Wildman–Crippen MR) is 53.0 cm³/mol. The van der Waals surface area contributed by atoms with Crippen molar-refractivity contribution in [1.29, 1.82) is 0 Å². The highest BCUT2D eigenvalue weighted by Crippen LogP contribution is 2.51. The zero-order valence-electron chi connectivity index (χ0n) is 8.35. The van der Waals surface area contributed by atoms with Gasteiger partial charge in [-0.05, 0) is 27.7 Å². The Morgan fingerprint density at radius 2 is 1.62 bits per heavy atom. The highest BCUT2D eigenvalue weighted by Gasteiger charge is 2.23. The summed E-state index contributed by atoms with van der Waals surface area (Å²) in [5.74, 6) is 2.60.